The second-order valence-electron chi connectivity index (χ2n) is 12.9. The lowest BCUT2D eigenvalue weighted by molar-refractivity contribution is -0.137. The summed E-state index contributed by atoms with van der Waals surface area (Å²) in [4.78, 5) is 46.3. The van der Waals surface area contributed by atoms with Crippen LogP contribution >= 0.6 is 0 Å². The van der Waals surface area contributed by atoms with Crippen molar-refractivity contribution in [3.05, 3.63) is 95.7 Å². The molecule has 3 aromatic carbocycles. The van der Waals surface area contributed by atoms with Gasteiger partial charge in [-0.2, -0.15) is 13.2 Å². The van der Waals surface area contributed by atoms with Crippen LogP contribution in [-0.2, 0) is 17.5 Å². The summed E-state index contributed by atoms with van der Waals surface area (Å²) in [6.07, 6.45) is -1.79. The van der Waals surface area contributed by atoms with E-state index in [9.17, 15) is 27.6 Å². The Labute approximate surface area is 305 Å². The molecule has 6 rings (SSSR count). The fourth-order valence-electron chi connectivity index (χ4n) is 6.61. The van der Waals surface area contributed by atoms with E-state index in [1.165, 1.54) is 32.4 Å². The van der Waals surface area contributed by atoms with Gasteiger partial charge in [-0.3, -0.25) is 24.7 Å². The quantitative estimate of drug-likeness (QED) is 0.137. The largest absolute Gasteiger partial charge is 0.494 e. The third-order valence-electron chi connectivity index (χ3n) is 9.51. The van der Waals surface area contributed by atoms with E-state index < -0.39 is 23.7 Å². The molecule has 2 aliphatic heterocycles. The van der Waals surface area contributed by atoms with Gasteiger partial charge in [-0.15, -0.1) is 0 Å². The van der Waals surface area contributed by atoms with Crippen molar-refractivity contribution in [3.63, 3.8) is 0 Å². The number of carbonyl (C=O) groups excluding carboxylic acids is 3. The molecule has 0 aliphatic carbocycles. The molecule has 2 fully saturated rings. The van der Waals surface area contributed by atoms with Crippen molar-refractivity contribution >= 4 is 52.1 Å². The summed E-state index contributed by atoms with van der Waals surface area (Å²) in [6.45, 7) is 2.75. The van der Waals surface area contributed by atoms with Crippen LogP contribution in [0.4, 0.5) is 52.2 Å². The average molecular weight is 731 g/mol. The Morgan fingerprint density at radius 3 is 2.34 bits per heavy atom. The lowest BCUT2D eigenvalue weighted by Gasteiger charge is -2.38. The molecule has 0 atom stereocenters. The van der Waals surface area contributed by atoms with E-state index in [-0.39, 0.29) is 35.1 Å². The third kappa shape index (κ3) is 8.63. The van der Waals surface area contributed by atoms with Crippen LogP contribution in [0.1, 0.15) is 40.7 Å². The zero-order valence-electron chi connectivity index (χ0n) is 29.6. The van der Waals surface area contributed by atoms with E-state index in [0.717, 1.165) is 55.6 Å². The van der Waals surface area contributed by atoms with Crippen LogP contribution in [-0.4, -0.2) is 74.6 Å². The number of rotatable bonds is 11. The summed E-state index contributed by atoms with van der Waals surface area (Å²) < 4.78 is 47.7. The van der Waals surface area contributed by atoms with Crippen LogP contribution in [0.25, 0.3) is 0 Å². The first-order valence-corrected chi connectivity index (χ1v) is 17.2. The van der Waals surface area contributed by atoms with Gasteiger partial charge in [0.2, 0.25) is 5.91 Å². The third-order valence-corrected chi connectivity index (χ3v) is 9.51. The van der Waals surface area contributed by atoms with Gasteiger partial charge in [0.05, 0.1) is 35.3 Å². The van der Waals surface area contributed by atoms with Crippen molar-refractivity contribution < 1.29 is 32.3 Å². The Bertz CT molecular complexity index is 1970. The average Bonchev–Trinajstić information content (AvgIpc) is 3.15. The summed E-state index contributed by atoms with van der Waals surface area (Å²) in [5.74, 6) is -0.0504. The number of aromatic nitrogens is 1. The van der Waals surface area contributed by atoms with Crippen LogP contribution < -0.4 is 35.8 Å². The molecule has 0 spiro atoms. The maximum absolute atomic E-state index is 14.0. The van der Waals surface area contributed by atoms with E-state index in [2.05, 4.69) is 43.1 Å². The highest BCUT2D eigenvalue weighted by Crippen LogP contribution is 2.39. The molecule has 278 valence electrons. The number of alkyl halides is 3. The number of methoxy groups -OCH3 is 1. The number of para-hydroxylation sites is 1. The predicted molar refractivity (Wildman–Crippen MR) is 197 cm³/mol. The maximum atomic E-state index is 14.0. The summed E-state index contributed by atoms with van der Waals surface area (Å²) in [7, 11) is 5.09. The number of anilines is 6. The number of piperidine rings is 1. The van der Waals surface area contributed by atoms with Crippen molar-refractivity contribution in [1.82, 2.24) is 20.5 Å². The molecule has 0 saturated carbocycles. The predicted octanol–water partition coefficient (Wildman–Crippen LogP) is 6.50. The molecule has 3 heterocycles. The molecule has 53 heavy (non-hydrogen) atoms. The highest BCUT2D eigenvalue weighted by Gasteiger charge is 2.35. The lowest BCUT2D eigenvalue weighted by Crippen LogP contribution is -2.49. The van der Waals surface area contributed by atoms with Crippen LogP contribution in [0.3, 0.4) is 0 Å². The van der Waals surface area contributed by atoms with Gasteiger partial charge in [-0.25, -0.2) is 9.78 Å². The fraction of sp³-hybridized carbons (Fsp3) is 0.316. The van der Waals surface area contributed by atoms with Crippen molar-refractivity contribution in [2.45, 2.75) is 38.0 Å². The minimum Gasteiger partial charge on any atom is -0.494 e. The Kier molecular flexibility index (Phi) is 11.0. The van der Waals surface area contributed by atoms with E-state index in [0.29, 0.717) is 24.0 Å². The first kappa shape index (κ1) is 36.9. The van der Waals surface area contributed by atoms with Gasteiger partial charge in [-0.05, 0) is 61.9 Å². The van der Waals surface area contributed by atoms with Crippen molar-refractivity contribution in [1.29, 1.82) is 0 Å². The highest BCUT2D eigenvalue weighted by atomic mass is 19.4. The Morgan fingerprint density at radius 2 is 1.66 bits per heavy atom. The number of hydrogen-bond donors (Lipinski definition) is 4. The minimum absolute atomic E-state index is 0.149. The van der Waals surface area contributed by atoms with Gasteiger partial charge in [-0.1, -0.05) is 24.3 Å². The van der Waals surface area contributed by atoms with Gasteiger partial charge >= 0.3 is 12.2 Å². The van der Waals surface area contributed by atoms with Crippen molar-refractivity contribution in [2.24, 2.45) is 0 Å². The number of urea groups is 1. The summed E-state index contributed by atoms with van der Waals surface area (Å²) in [6, 6.07) is 21.0. The Morgan fingerprint density at radius 1 is 0.943 bits per heavy atom. The topological polar surface area (TPSA) is 131 Å². The normalized spacial score (nSPS) is 15.3. The minimum atomic E-state index is -4.69. The molecule has 4 N–H and O–H groups in total. The summed E-state index contributed by atoms with van der Waals surface area (Å²) >= 11 is 0. The standard InChI is InChI=1S/C38H41F3N8O4/c1-42-36(51)28-6-4-5-7-30(28)44-32-21-34(43-22-29(32)38(39,40)41)45-31-13-12-27(20-33(31)53-3)48-17-14-25(15-18-48)47(2)23-24-8-10-26(11-9-24)49-19-16-35(50)46-37(49)52/h4-13,20-22,25H,14-19,23H2,1-3H3,(H,42,51)(H2,43,44,45)(H,46,50,52). The molecule has 2 saturated heterocycles. The second-order valence-corrected chi connectivity index (χ2v) is 12.9. The molecule has 4 aromatic rings. The number of nitrogens with zero attached hydrogens (tertiary/aromatic N) is 4. The second kappa shape index (κ2) is 15.8. The molecule has 4 amide bonds. The SMILES string of the molecule is CNC(=O)c1ccccc1Nc1cc(Nc2ccc(N3CCC(N(C)Cc4ccc(N5CCC(=O)NC5=O)cc4)CC3)cc2OC)ncc1C(F)(F)F. The molecule has 15 heteroatoms. The number of carbonyl (C=O) groups is 3. The zero-order valence-corrected chi connectivity index (χ0v) is 29.6. The molecular formula is C38H41F3N8O4. The number of nitrogens with one attached hydrogen (secondary N) is 4. The monoisotopic (exact) mass is 730 g/mol. The molecule has 12 nitrogen and oxygen atoms in total. The highest BCUT2D eigenvalue weighted by molar-refractivity contribution is 6.05. The number of benzene rings is 3. The summed E-state index contributed by atoms with van der Waals surface area (Å²) in [5, 5.41) is 10.7. The Hall–Kier alpha value is -5.83. The van der Waals surface area contributed by atoms with E-state index in [1.807, 2.05) is 42.5 Å². The number of halogens is 3. The first-order chi connectivity index (χ1) is 25.4. The van der Waals surface area contributed by atoms with Gasteiger partial charge in [0.15, 0.2) is 0 Å². The number of hydrogen-bond acceptors (Lipinski definition) is 9. The van der Waals surface area contributed by atoms with E-state index in [1.54, 1.807) is 17.0 Å². The van der Waals surface area contributed by atoms with Crippen LogP contribution in [0.15, 0.2) is 79.0 Å². The maximum Gasteiger partial charge on any atom is 0.419 e. The molecule has 1 aromatic heterocycles. The van der Waals surface area contributed by atoms with E-state index in [4.69, 9.17) is 4.74 Å². The van der Waals surface area contributed by atoms with Gasteiger partial charge in [0.1, 0.15) is 11.6 Å². The summed E-state index contributed by atoms with van der Waals surface area (Å²) in [5.41, 5.74) is 2.52. The van der Waals surface area contributed by atoms with Crippen LogP contribution in [0.5, 0.6) is 5.75 Å². The van der Waals surface area contributed by atoms with Crippen LogP contribution in [0.2, 0.25) is 0 Å². The molecular weight excluding hydrogens is 689 g/mol. The number of pyridine rings is 1. The molecule has 2 aliphatic rings. The number of ether oxygens (including phenoxy) is 1. The van der Waals surface area contributed by atoms with Gasteiger partial charge < -0.3 is 25.6 Å². The fourth-order valence-corrected chi connectivity index (χ4v) is 6.61. The molecule has 0 bridgehead atoms. The first-order valence-electron chi connectivity index (χ1n) is 17.2. The Balaban J connectivity index is 1.09. The van der Waals surface area contributed by atoms with Crippen molar-refractivity contribution in [2.75, 3.05) is 61.3 Å². The van der Waals surface area contributed by atoms with E-state index >= 15 is 0 Å². The number of amides is 4. The molecule has 0 unspecified atom stereocenters. The molecule has 0 radical (unpaired) electrons. The van der Waals surface area contributed by atoms with Crippen LogP contribution in [0, 0.1) is 0 Å². The van der Waals surface area contributed by atoms with Gasteiger partial charge in [0.25, 0.3) is 5.91 Å². The zero-order chi connectivity index (χ0) is 37.7. The van der Waals surface area contributed by atoms with Crippen molar-refractivity contribution in [3.8, 4) is 5.75 Å². The number of imide groups is 1. The lowest BCUT2D eigenvalue weighted by atomic mass is 10.0. The van der Waals surface area contributed by atoms with Gasteiger partial charge in [0, 0.05) is 75.4 Å². The smallest absolute Gasteiger partial charge is 0.419 e.